The minimum absolute atomic E-state index is 1.08. The first-order chi connectivity index (χ1) is 4.04. The number of aliphatic hydroxyl groups is 1. The first kappa shape index (κ1) is 7.70. The Bertz CT molecular complexity index is 134. The fraction of sp³-hybridized carbons (Fsp3) is 0.333. The van der Waals surface area contributed by atoms with Gasteiger partial charge in [-0.15, -0.1) is 0 Å². The van der Waals surface area contributed by atoms with E-state index in [-0.39, 0.29) is 0 Å². The summed E-state index contributed by atoms with van der Waals surface area (Å²) in [5.41, 5.74) is 4.46. The number of carbonyl (C=O) groups excluding carboxylic acids is 1. The van der Waals surface area contributed by atoms with Gasteiger partial charge in [-0.1, -0.05) is 0 Å². The van der Waals surface area contributed by atoms with Crippen LogP contribution in [0.2, 0.25) is 0 Å². The molecule has 0 aliphatic carbocycles. The number of primary amides is 1. The molecule has 0 radical (unpaired) electrons. The summed E-state index contributed by atoms with van der Waals surface area (Å²) in [5.74, 6) is -1.55. The van der Waals surface area contributed by atoms with E-state index in [4.69, 9.17) is 10.2 Å². The molecular weight excluding hydrogens is 128 g/mol. The molecule has 0 heterocycles. The molecule has 0 aromatic carbocycles. The molecule has 0 spiro atoms. The summed E-state index contributed by atoms with van der Waals surface area (Å²) in [6.07, 6.45) is -1.91. The van der Waals surface area contributed by atoms with Gasteiger partial charge in [0.1, 0.15) is 0 Å². The van der Waals surface area contributed by atoms with Gasteiger partial charge in [0.25, 0.3) is 0 Å². The van der Waals surface area contributed by atoms with Crippen LogP contribution >= 0.6 is 0 Å². The number of carboxylic acid groups (broad SMARTS) is 1. The van der Waals surface area contributed by atoms with E-state index in [1.807, 2.05) is 0 Å². The zero-order chi connectivity index (χ0) is 7.44. The average Bonchev–Trinajstić information content (AvgIpc) is 1.63. The van der Waals surface area contributed by atoms with Gasteiger partial charge in [-0.3, -0.25) is 0 Å². The molecule has 0 saturated carbocycles. The number of nitrogens with two attached hydrogens (primary N) is 1. The number of hydrogen-bond donors (Lipinski definition) is 4. The number of aliphatic carboxylic acids is 1. The normalized spacial score (nSPS) is 12.1. The lowest BCUT2D eigenvalue weighted by molar-refractivity contribution is -0.147. The van der Waals surface area contributed by atoms with Crippen molar-refractivity contribution in [2.45, 2.75) is 6.23 Å². The van der Waals surface area contributed by atoms with Crippen LogP contribution in [0.4, 0.5) is 4.79 Å². The van der Waals surface area contributed by atoms with Crippen LogP contribution in [0, 0.1) is 0 Å². The van der Waals surface area contributed by atoms with Crippen LogP contribution in [0.1, 0.15) is 0 Å². The van der Waals surface area contributed by atoms with E-state index < -0.39 is 18.2 Å². The fourth-order valence-electron chi connectivity index (χ4n) is 0.196. The maximum absolute atomic E-state index is 9.80. The van der Waals surface area contributed by atoms with Crippen molar-refractivity contribution in [1.82, 2.24) is 5.32 Å². The first-order valence-electron chi connectivity index (χ1n) is 2.01. The van der Waals surface area contributed by atoms with Gasteiger partial charge in [0.05, 0.1) is 0 Å². The molecule has 0 rings (SSSR count). The van der Waals surface area contributed by atoms with Crippen molar-refractivity contribution in [1.29, 1.82) is 0 Å². The molecule has 9 heavy (non-hydrogen) atoms. The van der Waals surface area contributed by atoms with Gasteiger partial charge >= 0.3 is 12.0 Å². The van der Waals surface area contributed by atoms with E-state index in [2.05, 4.69) is 5.73 Å². The number of nitrogens with one attached hydrogen (secondary N) is 1. The summed E-state index contributed by atoms with van der Waals surface area (Å²) in [4.78, 5) is 19.5. The van der Waals surface area contributed by atoms with E-state index in [9.17, 15) is 9.59 Å². The predicted molar refractivity (Wildman–Crippen MR) is 26.4 cm³/mol. The second-order valence-electron chi connectivity index (χ2n) is 1.25. The molecule has 0 aromatic rings. The lowest BCUT2D eigenvalue weighted by Gasteiger charge is -2.02. The van der Waals surface area contributed by atoms with Gasteiger partial charge in [-0.25, -0.2) is 9.59 Å². The highest BCUT2D eigenvalue weighted by Gasteiger charge is 2.12. The molecule has 1 unspecified atom stereocenters. The lowest BCUT2D eigenvalue weighted by Crippen LogP contribution is -2.43. The molecule has 0 bridgehead atoms. The van der Waals surface area contributed by atoms with Crippen LogP contribution < -0.4 is 11.1 Å². The van der Waals surface area contributed by atoms with E-state index in [0.29, 0.717) is 0 Å². The Kier molecular flexibility index (Phi) is 2.46. The predicted octanol–water partition coefficient (Wildman–Crippen LogP) is -1.94. The number of carboxylic acids is 1. The minimum Gasteiger partial charge on any atom is -0.478 e. The maximum atomic E-state index is 9.80. The molecular formula is C3H6N2O4. The highest BCUT2D eigenvalue weighted by atomic mass is 16.4. The molecule has 0 fully saturated rings. The van der Waals surface area contributed by atoms with Gasteiger partial charge in [-0.2, -0.15) is 0 Å². The number of hydrogen-bond acceptors (Lipinski definition) is 3. The van der Waals surface area contributed by atoms with E-state index in [1.165, 1.54) is 5.32 Å². The Labute approximate surface area is 50.3 Å². The second-order valence-corrected chi connectivity index (χ2v) is 1.25. The summed E-state index contributed by atoms with van der Waals surface area (Å²) < 4.78 is 0. The number of aliphatic hydroxyl groups excluding tert-OH is 1. The number of amides is 2. The SMILES string of the molecule is NC(=O)NC(O)C(=O)O. The zero-order valence-corrected chi connectivity index (χ0v) is 4.37. The topological polar surface area (TPSA) is 113 Å². The second kappa shape index (κ2) is 2.88. The molecule has 0 saturated heterocycles. The van der Waals surface area contributed by atoms with Crippen molar-refractivity contribution < 1.29 is 19.8 Å². The molecule has 5 N–H and O–H groups in total. The zero-order valence-electron chi connectivity index (χ0n) is 4.37. The summed E-state index contributed by atoms with van der Waals surface area (Å²) in [6.45, 7) is 0. The Morgan fingerprint density at radius 1 is 1.56 bits per heavy atom. The van der Waals surface area contributed by atoms with Crippen LogP contribution in [-0.4, -0.2) is 28.4 Å². The Hall–Kier alpha value is -1.30. The molecule has 6 heteroatoms. The summed E-state index contributed by atoms with van der Waals surface area (Å²) >= 11 is 0. The van der Waals surface area contributed by atoms with Crippen molar-refractivity contribution >= 4 is 12.0 Å². The molecule has 52 valence electrons. The van der Waals surface area contributed by atoms with Crippen molar-refractivity contribution in [3.63, 3.8) is 0 Å². The van der Waals surface area contributed by atoms with Gasteiger partial charge in [0.15, 0.2) is 0 Å². The fourth-order valence-corrected chi connectivity index (χ4v) is 0.196. The monoisotopic (exact) mass is 134 g/mol. The third-order valence-corrected chi connectivity index (χ3v) is 0.513. The van der Waals surface area contributed by atoms with Crippen LogP contribution in [0.25, 0.3) is 0 Å². The summed E-state index contributed by atoms with van der Waals surface area (Å²) in [6, 6.07) is -1.08. The number of urea groups is 1. The molecule has 0 aromatic heterocycles. The van der Waals surface area contributed by atoms with Crippen LogP contribution in [0.15, 0.2) is 0 Å². The maximum Gasteiger partial charge on any atom is 0.353 e. The van der Waals surface area contributed by atoms with Crippen molar-refractivity contribution in [3.05, 3.63) is 0 Å². The Morgan fingerprint density at radius 3 is 2.11 bits per heavy atom. The highest BCUT2D eigenvalue weighted by Crippen LogP contribution is 1.72. The van der Waals surface area contributed by atoms with Gasteiger partial charge in [0.2, 0.25) is 6.23 Å². The quantitative estimate of drug-likeness (QED) is 0.329. The van der Waals surface area contributed by atoms with E-state index >= 15 is 0 Å². The third-order valence-electron chi connectivity index (χ3n) is 0.513. The van der Waals surface area contributed by atoms with Crippen molar-refractivity contribution in [2.24, 2.45) is 5.73 Å². The van der Waals surface area contributed by atoms with E-state index in [0.717, 1.165) is 0 Å². The number of carbonyl (C=O) groups is 2. The van der Waals surface area contributed by atoms with Crippen LogP contribution in [0.5, 0.6) is 0 Å². The highest BCUT2D eigenvalue weighted by molar-refractivity contribution is 5.80. The smallest absolute Gasteiger partial charge is 0.353 e. The minimum atomic E-state index is -1.91. The molecule has 0 aliphatic heterocycles. The van der Waals surface area contributed by atoms with Crippen LogP contribution in [-0.2, 0) is 4.79 Å². The largest absolute Gasteiger partial charge is 0.478 e. The molecule has 2 amide bonds. The van der Waals surface area contributed by atoms with Gasteiger partial charge in [-0.05, 0) is 0 Å². The summed E-state index contributed by atoms with van der Waals surface area (Å²) in [5, 5.41) is 17.7. The number of rotatable bonds is 2. The van der Waals surface area contributed by atoms with Crippen LogP contribution in [0.3, 0.4) is 0 Å². The molecule has 6 nitrogen and oxygen atoms in total. The van der Waals surface area contributed by atoms with Gasteiger partial charge < -0.3 is 21.3 Å². The average molecular weight is 134 g/mol. The van der Waals surface area contributed by atoms with Gasteiger partial charge in [0, 0.05) is 0 Å². The first-order valence-corrected chi connectivity index (χ1v) is 2.01. The Morgan fingerprint density at radius 2 is 2.00 bits per heavy atom. The lowest BCUT2D eigenvalue weighted by atomic mass is 10.6. The standard InChI is InChI=1S/C3H6N2O4/c4-3(9)5-1(6)2(7)8/h1,6H,(H,7,8)(H3,4,5,9). The third kappa shape index (κ3) is 3.30. The van der Waals surface area contributed by atoms with Crippen molar-refractivity contribution in [2.75, 3.05) is 0 Å². The van der Waals surface area contributed by atoms with Crippen molar-refractivity contribution in [3.8, 4) is 0 Å². The van der Waals surface area contributed by atoms with E-state index in [1.54, 1.807) is 0 Å². The Balaban J connectivity index is 3.63. The summed E-state index contributed by atoms with van der Waals surface area (Å²) in [7, 11) is 0. The molecule has 0 aliphatic rings. The molecule has 1 atom stereocenters.